The summed E-state index contributed by atoms with van der Waals surface area (Å²) >= 11 is 5.98. The van der Waals surface area contributed by atoms with E-state index in [1.165, 1.54) is 12.1 Å². The van der Waals surface area contributed by atoms with E-state index in [1.807, 2.05) is 35.0 Å². The number of rotatable bonds is 8. The van der Waals surface area contributed by atoms with Crippen LogP contribution in [-0.4, -0.2) is 34.7 Å². The van der Waals surface area contributed by atoms with Crippen molar-refractivity contribution in [3.05, 3.63) is 83.7 Å². The molecule has 0 saturated carbocycles. The highest BCUT2D eigenvalue weighted by atomic mass is 35.5. The lowest BCUT2D eigenvalue weighted by atomic mass is 10.0. The van der Waals surface area contributed by atoms with Crippen LogP contribution in [0.15, 0.2) is 67.3 Å². The molecule has 0 aliphatic carbocycles. The van der Waals surface area contributed by atoms with E-state index in [0.717, 1.165) is 12.0 Å². The van der Waals surface area contributed by atoms with Crippen LogP contribution < -0.4 is 4.74 Å². The maximum Gasteiger partial charge on any atom is 0.187 e. The van der Waals surface area contributed by atoms with Gasteiger partial charge in [0.05, 0.1) is 19.5 Å². The molecule has 0 amide bonds. The summed E-state index contributed by atoms with van der Waals surface area (Å²) in [5.74, 6) is -0.459. The number of hydrogen-bond donors (Lipinski definition) is 0. The molecule has 0 N–H and O–H groups in total. The molecule has 4 rings (SSSR count). The smallest absolute Gasteiger partial charge is 0.187 e. The van der Waals surface area contributed by atoms with E-state index in [4.69, 9.17) is 25.8 Å². The largest absolute Gasteiger partial charge is 0.491 e. The number of halogens is 2. The standard InChI is InChI=1S/C22H22ClFN2O3/c23-18-3-1-17(2-4-18)9-10-22(15-26-12-11-25-16-26)28-14-21(29-22)13-27-20-7-5-19(24)6-8-20/h1-8,11-12,16,21H,9-10,13-15H2. The first-order valence-corrected chi connectivity index (χ1v) is 9.88. The number of nitrogens with zero attached hydrogens (tertiary/aromatic N) is 2. The first-order valence-electron chi connectivity index (χ1n) is 9.51. The van der Waals surface area contributed by atoms with Crippen molar-refractivity contribution in [2.75, 3.05) is 13.2 Å². The van der Waals surface area contributed by atoms with Gasteiger partial charge in [-0.3, -0.25) is 0 Å². The van der Waals surface area contributed by atoms with Gasteiger partial charge in [0, 0.05) is 23.8 Å². The lowest BCUT2D eigenvalue weighted by Gasteiger charge is -2.28. The molecule has 2 atom stereocenters. The molecule has 5 nitrogen and oxygen atoms in total. The van der Waals surface area contributed by atoms with Gasteiger partial charge in [0.2, 0.25) is 0 Å². The quantitative estimate of drug-likeness (QED) is 0.542. The van der Waals surface area contributed by atoms with Gasteiger partial charge in [-0.05, 0) is 48.4 Å². The first-order chi connectivity index (χ1) is 14.1. The van der Waals surface area contributed by atoms with Gasteiger partial charge in [0.1, 0.15) is 24.3 Å². The summed E-state index contributed by atoms with van der Waals surface area (Å²) < 4.78 is 33.2. The van der Waals surface area contributed by atoms with Crippen LogP contribution >= 0.6 is 11.6 Å². The van der Waals surface area contributed by atoms with Gasteiger partial charge in [0.25, 0.3) is 0 Å². The van der Waals surface area contributed by atoms with Gasteiger partial charge >= 0.3 is 0 Å². The van der Waals surface area contributed by atoms with Crippen LogP contribution in [0, 0.1) is 5.82 Å². The minimum atomic E-state index is -0.767. The van der Waals surface area contributed by atoms with Gasteiger partial charge < -0.3 is 18.8 Å². The Kier molecular flexibility index (Phi) is 6.13. The van der Waals surface area contributed by atoms with Gasteiger partial charge in [-0.2, -0.15) is 0 Å². The van der Waals surface area contributed by atoms with E-state index in [0.29, 0.717) is 37.0 Å². The molecular weight excluding hydrogens is 395 g/mol. The Morgan fingerprint density at radius 1 is 1.17 bits per heavy atom. The van der Waals surface area contributed by atoms with E-state index in [9.17, 15) is 4.39 Å². The molecule has 1 fully saturated rings. The van der Waals surface area contributed by atoms with E-state index in [1.54, 1.807) is 24.7 Å². The zero-order valence-corrected chi connectivity index (χ0v) is 16.6. The van der Waals surface area contributed by atoms with Gasteiger partial charge in [0.15, 0.2) is 5.79 Å². The maximum absolute atomic E-state index is 13.0. The molecule has 0 radical (unpaired) electrons. The zero-order valence-electron chi connectivity index (χ0n) is 15.8. The Labute approximate surface area is 174 Å². The van der Waals surface area contributed by atoms with E-state index in [2.05, 4.69) is 4.98 Å². The van der Waals surface area contributed by atoms with Crippen molar-refractivity contribution in [1.29, 1.82) is 0 Å². The fraction of sp³-hybridized carbons (Fsp3) is 0.318. The second-order valence-electron chi connectivity index (χ2n) is 7.09. The summed E-state index contributed by atoms with van der Waals surface area (Å²) in [6.45, 7) is 1.29. The summed E-state index contributed by atoms with van der Waals surface area (Å²) in [5.41, 5.74) is 1.16. The normalized spacial score (nSPS) is 21.4. The van der Waals surface area contributed by atoms with Crippen LogP contribution in [0.5, 0.6) is 5.75 Å². The van der Waals surface area contributed by atoms with Crippen molar-refractivity contribution in [3.63, 3.8) is 0 Å². The fourth-order valence-corrected chi connectivity index (χ4v) is 3.48. The second-order valence-corrected chi connectivity index (χ2v) is 7.52. The predicted molar refractivity (Wildman–Crippen MR) is 107 cm³/mol. The highest BCUT2D eigenvalue weighted by Gasteiger charge is 2.42. The third-order valence-electron chi connectivity index (χ3n) is 4.85. The van der Waals surface area contributed by atoms with Crippen molar-refractivity contribution in [2.45, 2.75) is 31.3 Å². The third-order valence-corrected chi connectivity index (χ3v) is 5.11. The van der Waals surface area contributed by atoms with Crippen molar-refractivity contribution in [2.24, 2.45) is 0 Å². The van der Waals surface area contributed by atoms with Crippen LogP contribution in [0.4, 0.5) is 4.39 Å². The average Bonchev–Trinajstić information content (AvgIpc) is 3.38. The van der Waals surface area contributed by atoms with Crippen molar-refractivity contribution >= 4 is 11.6 Å². The monoisotopic (exact) mass is 416 g/mol. The SMILES string of the molecule is Fc1ccc(OCC2COC(CCc3ccc(Cl)cc3)(Cn3ccnc3)O2)cc1. The summed E-state index contributed by atoms with van der Waals surface area (Å²) in [5, 5.41) is 0.716. The zero-order chi connectivity index (χ0) is 20.1. The van der Waals surface area contributed by atoms with Crippen LogP contribution in [0.3, 0.4) is 0 Å². The summed E-state index contributed by atoms with van der Waals surface area (Å²) in [6, 6.07) is 13.7. The summed E-state index contributed by atoms with van der Waals surface area (Å²) in [6.07, 6.45) is 6.63. The van der Waals surface area contributed by atoms with Crippen LogP contribution in [0.25, 0.3) is 0 Å². The predicted octanol–water partition coefficient (Wildman–Crippen LogP) is 4.50. The topological polar surface area (TPSA) is 45.5 Å². The molecule has 0 spiro atoms. The lowest BCUT2D eigenvalue weighted by molar-refractivity contribution is -0.184. The molecule has 2 heterocycles. The summed E-state index contributed by atoms with van der Waals surface area (Å²) in [7, 11) is 0. The Morgan fingerprint density at radius 2 is 1.97 bits per heavy atom. The van der Waals surface area contributed by atoms with Crippen molar-refractivity contribution < 1.29 is 18.6 Å². The van der Waals surface area contributed by atoms with Crippen LogP contribution in [-0.2, 0) is 22.4 Å². The Hall–Kier alpha value is -2.41. The van der Waals surface area contributed by atoms with Gasteiger partial charge in [-0.15, -0.1) is 0 Å². The molecule has 1 saturated heterocycles. The average molecular weight is 417 g/mol. The molecule has 3 aromatic rings. The van der Waals surface area contributed by atoms with Crippen molar-refractivity contribution in [1.82, 2.24) is 9.55 Å². The molecule has 152 valence electrons. The van der Waals surface area contributed by atoms with Gasteiger partial charge in [-0.1, -0.05) is 23.7 Å². The second kappa shape index (κ2) is 8.95. The third kappa shape index (κ3) is 5.35. The molecule has 1 aliphatic rings. The van der Waals surface area contributed by atoms with Gasteiger partial charge in [-0.25, -0.2) is 9.37 Å². The summed E-state index contributed by atoms with van der Waals surface area (Å²) in [4.78, 5) is 4.11. The molecule has 29 heavy (non-hydrogen) atoms. The minimum absolute atomic E-state index is 0.214. The van der Waals surface area contributed by atoms with E-state index in [-0.39, 0.29) is 11.9 Å². The number of aromatic nitrogens is 2. The molecule has 2 unspecified atom stereocenters. The minimum Gasteiger partial charge on any atom is -0.491 e. The highest BCUT2D eigenvalue weighted by Crippen LogP contribution is 2.31. The number of ether oxygens (including phenoxy) is 3. The molecule has 7 heteroatoms. The molecule has 1 aromatic heterocycles. The molecule has 2 aromatic carbocycles. The Balaban J connectivity index is 1.40. The van der Waals surface area contributed by atoms with Crippen LogP contribution in [0.1, 0.15) is 12.0 Å². The number of imidazole rings is 1. The Morgan fingerprint density at radius 3 is 2.69 bits per heavy atom. The number of aryl methyl sites for hydroxylation is 1. The lowest BCUT2D eigenvalue weighted by Crippen LogP contribution is -2.37. The number of benzene rings is 2. The van der Waals surface area contributed by atoms with Crippen LogP contribution in [0.2, 0.25) is 5.02 Å². The molecule has 0 bridgehead atoms. The fourth-order valence-electron chi connectivity index (χ4n) is 3.36. The number of hydrogen-bond acceptors (Lipinski definition) is 4. The van der Waals surface area contributed by atoms with E-state index >= 15 is 0 Å². The highest BCUT2D eigenvalue weighted by molar-refractivity contribution is 6.30. The molecular formula is C22H22ClFN2O3. The molecule has 1 aliphatic heterocycles. The Bertz CT molecular complexity index is 903. The van der Waals surface area contributed by atoms with E-state index < -0.39 is 5.79 Å². The van der Waals surface area contributed by atoms with Crippen molar-refractivity contribution in [3.8, 4) is 5.75 Å². The maximum atomic E-state index is 13.0. The first kappa shape index (κ1) is 19.9.